The van der Waals surface area contributed by atoms with Crippen LogP contribution in [0, 0.1) is 5.92 Å². The van der Waals surface area contributed by atoms with Gasteiger partial charge in [-0.05, 0) is 13.3 Å². The molecule has 0 saturated carbocycles. The van der Waals surface area contributed by atoms with E-state index in [2.05, 4.69) is 42.9 Å². The molecule has 6 nitrogen and oxygen atoms in total. The van der Waals surface area contributed by atoms with Crippen LogP contribution in [0.15, 0.2) is 15.6 Å². The normalized spacial score (nSPS) is 18.6. The molecule has 1 aliphatic heterocycles. The quantitative estimate of drug-likeness (QED) is 0.425. The molecule has 1 atom stereocenters. The molecule has 0 aliphatic carbocycles. The average molecular weight is 450 g/mol. The van der Waals surface area contributed by atoms with E-state index in [1.807, 2.05) is 6.20 Å². The second-order valence-electron chi connectivity index (χ2n) is 7.09. The summed E-state index contributed by atoms with van der Waals surface area (Å²) in [6.07, 6.45) is 2.95. The van der Waals surface area contributed by atoms with Gasteiger partial charge in [0.15, 0.2) is 5.96 Å². The van der Waals surface area contributed by atoms with E-state index in [0.29, 0.717) is 18.4 Å². The van der Waals surface area contributed by atoms with Crippen LogP contribution in [0.5, 0.6) is 0 Å². The Balaban J connectivity index is 0.00000288. The van der Waals surface area contributed by atoms with Crippen molar-refractivity contribution in [2.24, 2.45) is 10.9 Å². The largest absolute Gasteiger partial charge is 0.443 e. The Morgan fingerprint density at radius 1 is 1.50 bits per heavy atom. The van der Waals surface area contributed by atoms with E-state index in [0.717, 1.165) is 44.4 Å². The Hall–Kier alpha value is -0.830. The van der Waals surface area contributed by atoms with Crippen LogP contribution in [0.25, 0.3) is 0 Å². The van der Waals surface area contributed by atoms with Crippen molar-refractivity contribution in [3.05, 3.63) is 17.8 Å². The molecule has 2 heterocycles. The summed E-state index contributed by atoms with van der Waals surface area (Å²) >= 11 is 0. The molecule has 138 valence electrons. The molecule has 7 heteroatoms. The lowest BCUT2D eigenvalue weighted by atomic mass is 9.94. The highest BCUT2D eigenvalue weighted by Gasteiger charge is 2.25. The summed E-state index contributed by atoms with van der Waals surface area (Å²) in [7, 11) is 1.76. The lowest BCUT2D eigenvalue weighted by Gasteiger charge is -2.21. The molecule has 24 heavy (non-hydrogen) atoms. The Morgan fingerprint density at radius 3 is 2.83 bits per heavy atom. The van der Waals surface area contributed by atoms with Crippen LogP contribution in [0.4, 0.5) is 0 Å². The smallest absolute Gasteiger partial charge is 0.216 e. The Labute approximate surface area is 162 Å². The van der Waals surface area contributed by atoms with Crippen LogP contribution in [-0.2, 0) is 16.7 Å². The molecule has 0 radical (unpaired) electrons. The summed E-state index contributed by atoms with van der Waals surface area (Å²) in [5.41, 5.74) is -0.0260. The standard InChI is InChI=1S/C17H30N4O2.HI/c1-6-18-16(21-8-7-13(11-21)12-22-5)20-10-15-19-9-14(23-15)17(2,3)4;/h9,13H,6-8,10-12H2,1-5H3,(H,18,20);1H. The molecule has 1 aliphatic rings. The number of nitrogens with zero attached hydrogens (tertiary/aromatic N) is 3. The van der Waals surface area contributed by atoms with E-state index in [9.17, 15) is 0 Å². The molecule has 1 N–H and O–H groups in total. The Morgan fingerprint density at radius 2 is 2.25 bits per heavy atom. The molecule has 0 aromatic carbocycles. The van der Waals surface area contributed by atoms with Gasteiger partial charge in [-0.3, -0.25) is 0 Å². The lowest BCUT2D eigenvalue weighted by molar-refractivity contribution is 0.157. The van der Waals surface area contributed by atoms with Crippen molar-refractivity contribution in [1.82, 2.24) is 15.2 Å². The number of methoxy groups -OCH3 is 1. The first-order chi connectivity index (χ1) is 10.9. The number of ether oxygens (including phenoxy) is 1. The van der Waals surface area contributed by atoms with Crippen molar-refractivity contribution in [2.45, 2.75) is 46.1 Å². The number of likely N-dealkylation sites (tertiary alicyclic amines) is 1. The summed E-state index contributed by atoms with van der Waals surface area (Å²) in [6.45, 7) is 12.6. The highest BCUT2D eigenvalue weighted by molar-refractivity contribution is 14.0. The van der Waals surface area contributed by atoms with Crippen molar-refractivity contribution >= 4 is 29.9 Å². The lowest BCUT2D eigenvalue weighted by Crippen LogP contribution is -2.40. The number of oxazole rings is 1. The molecule has 1 saturated heterocycles. The predicted molar refractivity (Wildman–Crippen MR) is 107 cm³/mol. The van der Waals surface area contributed by atoms with Gasteiger partial charge in [0, 0.05) is 38.1 Å². The fraction of sp³-hybridized carbons (Fsp3) is 0.765. The predicted octanol–water partition coefficient (Wildman–Crippen LogP) is 3.02. The van der Waals surface area contributed by atoms with E-state index >= 15 is 0 Å². The first-order valence-corrected chi connectivity index (χ1v) is 8.41. The third-order valence-corrected chi connectivity index (χ3v) is 3.98. The number of rotatable bonds is 5. The van der Waals surface area contributed by atoms with Gasteiger partial charge in [-0.1, -0.05) is 20.8 Å². The number of hydrogen-bond acceptors (Lipinski definition) is 4. The monoisotopic (exact) mass is 450 g/mol. The fourth-order valence-corrected chi connectivity index (χ4v) is 2.70. The number of guanidine groups is 1. The topological polar surface area (TPSA) is 62.9 Å². The van der Waals surface area contributed by atoms with E-state index in [1.165, 1.54) is 0 Å². The van der Waals surface area contributed by atoms with Crippen molar-refractivity contribution in [1.29, 1.82) is 0 Å². The van der Waals surface area contributed by atoms with Gasteiger partial charge in [0.2, 0.25) is 5.89 Å². The van der Waals surface area contributed by atoms with Gasteiger partial charge < -0.3 is 19.4 Å². The Kier molecular flexibility index (Phi) is 8.49. The molecule has 2 rings (SSSR count). The SMILES string of the molecule is CCNC(=NCc1ncc(C(C)(C)C)o1)N1CCC(COC)C1.I. The second kappa shape index (κ2) is 9.60. The van der Waals surface area contributed by atoms with Gasteiger partial charge in [-0.15, -0.1) is 24.0 Å². The molecule has 1 aromatic rings. The zero-order chi connectivity index (χ0) is 16.9. The number of halogens is 1. The Bertz CT molecular complexity index is 525. The highest BCUT2D eigenvalue weighted by Crippen LogP contribution is 2.23. The van der Waals surface area contributed by atoms with Gasteiger partial charge in [0.1, 0.15) is 12.3 Å². The number of aromatic nitrogens is 1. The molecule has 0 bridgehead atoms. The molecule has 1 fully saturated rings. The third kappa shape index (κ3) is 5.91. The van der Waals surface area contributed by atoms with E-state index < -0.39 is 0 Å². The van der Waals surface area contributed by atoms with Crippen molar-refractivity contribution in [3.63, 3.8) is 0 Å². The second-order valence-corrected chi connectivity index (χ2v) is 7.09. The zero-order valence-electron chi connectivity index (χ0n) is 15.5. The summed E-state index contributed by atoms with van der Waals surface area (Å²) in [6, 6.07) is 0. The van der Waals surface area contributed by atoms with E-state index in [-0.39, 0.29) is 29.4 Å². The minimum absolute atomic E-state index is 0. The maximum Gasteiger partial charge on any atom is 0.216 e. The number of hydrogen-bond donors (Lipinski definition) is 1. The first kappa shape index (κ1) is 21.2. The maximum atomic E-state index is 5.81. The van der Waals surface area contributed by atoms with Crippen LogP contribution in [0.2, 0.25) is 0 Å². The van der Waals surface area contributed by atoms with Gasteiger partial charge in [-0.25, -0.2) is 9.98 Å². The van der Waals surface area contributed by atoms with Crippen molar-refractivity contribution < 1.29 is 9.15 Å². The van der Waals surface area contributed by atoms with Gasteiger partial charge in [-0.2, -0.15) is 0 Å². The first-order valence-electron chi connectivity index (χ1n) is 8.41. The summed E-state index contributed by atoms with van der Waals surface area (Å²) < 4.78 is 11.1. The zero-order valence-corrected chi connectivity index (χ0v) is 17.8. The van der Waals surface area contributed by atoms with Crippen LogP contribution < -0.4 is 5.32 Å². The summed E-state index contributed by atoms with van der Waals surface area (Å²) in [5.74, 6) is 3.08. The summed E-state index contributed by atoms with van der Waals surface area (Å²) in [5, 5.41) is 3.36. The van der Waals surface area contributed by atoms with Crippen LogP contribution in [-0.4, -0.2) is 49.2 Å². The molecule has 0 amide bonds. The third-order valence-electron chi connectivity index (χ3n) is 3.98. The highest BCUT2D eigenvalue weighted by atomic mass is 127. The summed E-state index contributed by atoms with van der Waals surface area (Å²) in [4.78, 5) is 11.3. The van der Waals surface area contributed by atoms with E-state index in [4.69, 9.17) is 14.1 Å². The average Bonchev–Trinajstić information content (AvgIpc) is 3.12. The van der Waals surface area contributed by atoms with Crippen molar-refractivity contribution in [2.75, 3.05) is 33.4 Å². The fourth-order valence-electron chi connectivity index (χ4n) is 2.70. The number of nitrogens with one attached hydrogen (secondary N) is 1. The molecular weight excluding hydrogens is 419 g/mol. The molecule has 1 unspecified atom stereocenters. The van der Waals surface area contributed by atoms with Gasteiger partial charge >= 0.3 is 0 Å². The van der Waals surface area contributed by atoms with Crippen LogP contribution in [0.1, 0.15) is 45.8 Å². The molecular formula is C17H31IN4O2. The minimum Gasteiger partial charge on any atom is -0.443 e. The molecule has 1 aromatic heterocycles. The maximum absolute atomic E-state index is 5.81. The minimum atomic E-state index is -0.0260. The molecule has 0 spiro atoms. The van der Waals surface area contributed by atoms with Crippen LogP contribution >= 0.6 is 24.0 Å². The van der Waals surface area contributed by atoms with Gasteiger partial charge in [0.25, 0.3) is 0 Å². The number of aliphatic imine (C=N–C) groups is 1. The van der Waals surface area contributed by atoms with E-state index in [1.54, 1.807) is 7.11 Å². The van der Waals surface area contributed by atoms with Gasteiger partial charge in [0.05, 0.1) is 12.8 Å². The van der Waals surface area contributed by atoms with Crippen LogP contribution in [0.3, 0.4) is 0 Å². The van der Waals surface area contributed by atoms with Crippen molar-refractivity contribution in [3.8, 4) is 0 Å².